The number of nitrogens with one attached hydrogen (secondary N) is 1. The van der Waals surface area contributed by atoms with Gasteiger partial charge in [-0.05, 0) is 23.8 Å². The van der Waals surface area contributed by atoms with Crippen molar-refractivity contribution in [1.82, 2.24) is 5.32 Å². The molecule has 0 radical (unpaired) electrons. The van der Waals surface area contributed by atoms with Gasteiger partial charge >= 0.3 is 0 Å². The van der Waals surface area contributed by atoms with Gasteiger partial charge < -0.3 is 10.1 Å². The maximum Gasteiger partial charge on any atom is 0.119 e. The minimum absolute atomic E-state index is 0.406. The summed E-state index contributed by atoms with van der Waals surface area (Å²) in [5.74, 6) is 1.44. The molecule has 13 heavy (non-hydrogen) atoms. The normalized spacial score (nSPS) is 20.5. The molecule has 0 saturated heterocycles. The molecule has 0 unspecified atom stereocenters. The van der Waals surface area contributed by atoms with E-state index in [0.29, 0.717) is 5.75 Å². The topological polar surface area (TPSA) is 21.3 Å². The second-order valence-corrected chi connectivity index (χ2v) is 4.03. The average Bonchev–Trinajstić information content (AvgIpc) is 2.39. The fraction of sp³-hybridized carbons (Fsp3) is 0.400. The smallest absolute Gasteiger partial charge is 0.119 e. The SMILES string of the molecule is [2H]C([2H])([2H])Oc1ccc2c(c1)CNCCS2. The molecule has 1 aromatic rings. The predicted molar refractivity (Wildman–Crippen MR) is 55.4 cm³/mol. The third-order valence-electron chi connectivity index (χ3n) is 2.00. The fourth-order valence-electron chi connectivity index (χ4n) is 1.35. The Kier molecular flexibility index (Phi) is 1.84. The zero-order chi connectivity index (χ0) is 11.6. The highest BCUT2D eigenvalue weighted by molar-refractivity contribution is 7.99. The molecular formula is C10H13NOS. The highest BCUT2D eigenvalue weighted by Crippen LogP contribution is 2.27. The van der Waals surface area contributed by atoms with Crippen molar-refractivity contribution in [3.05, 3.63) is 23.8 Å². The van der Waals surface area contributed by atoms with Gasteiger partial charge in [0.1, 0.15) is 5.75 Å². The number of thioether (sulfide) groups is 1. The van der Waals surface area contributed by atoms with Crippen LogP contribution in [-0.2, 0) is 6.54 Å². The van der Waals surface area contributed by atoms with Crippen LogP contribution in [0, 0.1) is 0 Å². The zero-order valence-corrected chi connectivity index (χ0v) is 7.99. The lowest BCUT2D eigenvalue weighted by atomic mass is 10.2. The Hall–Kier alpha value is -0.670. The first kappa shape index (κ1) is 5.94. The van der Waals surface area contributed by atoms with Crippen molar-refractivity contribution >= 4 is 11.8 Å². The van der Waals surface area contributed by atoms with Gasteiger partial charge in [0.15, 0.2) is 0 Å². The van der Waals surface area contributed by atoms with Gasteiger partial charge in [-0.3, -0.25) is 0 Å². The first-order valence-corrected chi connectivity index (χ1v) is 5.19. The summed E-state index contributed by atoms with van der Waals surface area (Å²) in [5, 5.41) is 3.28. The van der Waals surface area contributed by atoms with E-state index in [1.54, 1.807) is 23.9 Å². The molecule has 1 aliphatic heterocycles. The van der Waals surface area contributed by atoms with Crippen LogP contribution >= 0.6 is 11.8 Å². The van der Waals surface area contributed by atoms with Crippen LogP contribution in [0.5, 0.6) is 5.75 Å². The fourth-order valence-corrected chi connectivity index (χ4v) is 2.30. The second-order valence-electron chi connectivity index (χ2n) is 2.90. The van der Waals surface area contributed by atoms with Crippen molar-refractivity contribution in [2.45, 2.75) is 11.4 Å². The van der Waals surface area contributed by atoms with Gasteiger partial charge in [0.25, 0.3) is 0 Å². The van der Waals surface area contributed by atoms with Crippen molar-refractivity contribution in [1.29, 1.82) is 0 Å². The van der Waals surface area contributed by atoms with E-state index in [9.17, 15) is 0 Å². The summed E-state index contributed by atoms with van der Waals surface area (Å²) < 4.78 is 26.0. The Morgan fingerprint density at radius 3 is 3.54 bits per heavy atom. The highest BCUT2D eigenvalue weighted by Gasteiger charge is 2.07. The summed E-state index contributed by atoms with van der Waals surface area (Å²) in [5.41, 5.74) is 1.10. The first-order valence-electron chi connectivity index (χ1n) is 5.70. The monoisotopic (exact) mass is 198 g/mol. The Morgan fingerprint density at radius 1 is 1.62 bits per heavy atom. The van der Waals surface area contributed by atoms with Gasteiger partial charge in [0, 0.05) is 23.7 Å². The molecule has 0 amide bonds. The maximum atomic E-state index is 7.04. The number of hydrogen-bond acceptors (Lipinski definition) is 3. The standard InChI is InChI=1S/C10H13NOS/c1-12-9-2-3-10-8(6-9)7-11-4-5-13-10/h2-3,6,11H,4-5,7H2,1H3/i1D3. The third-order valence-corrected chi connectivity index (χ3v) is 3.12. The van der Waals surface area contributed by atoms with Crippen molar-refractivity contribution in [2.24, 2.45) is 0 Å². The van der Waals surface area contributed by atoms with Crippen LogP contribution in [0.2, 0.25) is 0 Å². The van der Waals surface area contributed by atoms with Crippen LogP contribution in [0.1, 0.15) is 9.68 Å². The van der Waals surface area contributed by atoms with Crippen molar-refractivity contribution in [3.8, 4) is 5.75 Å². The summed E-state index contributed by atoms with van der Waals surface area (Å²) in [4.78, 5) is 1.20. The van der Waals surface area contributed by atoms with E-state index in [2.05, 4.69) is 5.32 Å². The van der Waals surface area contributed by atoms with E-state index in [1.807, 2.05) is 6.07 Å². The molecule has 1 aromatic carbocycles. The van der Waals surface area contributed by atoms with Crippen LogP contribution in [-0.4, -0.2) is 19.3 Å². The molecule has 3 heteroatoms. The predicted octanol–water partition coefficient (Wildman–Crippen LogP) is 1.89. The van der Waals surface area contributed by atoms with E-state index in [-0.39, 0.29) is 0 Å². The number of benzene rings is 1. The number of hydrogen-bond donors (Lipinski definition) is 1. The van der Waals surface area contributed by atoms with Gasteiger partial charge in [0.2, 0.25) is 0 Å². The summed E-state index contributed by atoms with van der Waals surface area (Å²) in [6, 6.07) is 5.44. The highest BCUT2D eigenvalue weighted by atomic mass is 32.2. The van der Waals surface area contributed by atoms with Crippen LogP contribution in [0.25, 0.3) is 0 Å². The summed E-state index contributed by atoms with van der Waals surface area (Å²) >= 11 is 1.78. The Balaban J connectivity index is 2.21. The minimum atomic E-state index is -2.38. The average molecular weight is 198 g/mol. The van der Waals surface area contributed by atoms with E-state index in [4.69, 9.17) is 8.85 Å². The molecule has 0 aromatic heterocycles. The molecule has 0 atom stereocenters. The lowest BCUT2D eigenvalue weighted by Crippen LogP contribution is -2.13. The summed E-state index contributed by atoms with van der Waals surface area (Å²) in [6.45, 7) is 1.73. The van der Waals surface area contributed by atoms with Crippen molar-refractivity contribution in [3.63, 3.8) is 0 Å². The molecule has 0 fully saturated rings. The number of rotatable bonds is 1. The lowest BCUT2D eigenvalue weighted by molar-refractivity contribution is 0.413. The molecule has 0 bridgehead atoms. The molecule has 2 nitrogen and oxygen atoms in total. The van der Waals surface area contributed by atoms with Crippen LogP contribution in [0.3, 0.4) is 0 Å². The van der Waals surface area contributed by atoms with Gasteiger partial charge in [-0.25, -0.2) is 0 Å². The molecule has 0 aliphatic carbocycles. The quantitative estimate of drug-likeness (QED) is 0.744. The third kappa shape index (κ3) is 1.98. The molecule has 1 heterocycles. The molecule has 70 valence electrons. The van der Waals surface area contributed by atoms with E-state index < -0.39 is 7.04 Å². The van der Waals surface area contributed by atoms with Crippen molar-refractivity contribution in [2.75, 3.05) is 19.3 Å². The van der Waals surface area contributed by atoms with Crippen LogP contribution in [0.15, 0.2) is 23.1 Å². The van der Waals surface area contributed by atoms with E-state index in [1.165, 1.54) is 4.90 Å². The lowest BCUT2D eigenvalue weighted by Gasteiger charge is -2.06. The van der Waals surface area contributed by atoms with E-state index >= 15 is 0 Å². The number of ether oxygens (including phenoxy) is 1. The Labute approximate surface area is 86.9 Å². The molecule has 2 rings (SSSR count). The molecular weight excluding hydrogens is 182 g/mol. The number of methoxy groups -OCH3 is 1. The van der Waals surface area contributed by atoms with Gasteiger partial charge in [0.05, 0.1) is 11.2 Å². The largest absolute Gasteiger partial charge is 0.497 e. The van der Waals surface area contributed by atoms with Gasteiger partial charge in [-0.1, -0.05) is 0 Å². The number of fused-ring (bicyclic) bond motifs is 1. The maximum absolute atomic E-state index is 7.04. The summed E-state index contributed by atoms with van der Waals surface area (Å²) in [7, 11) is -2.38. The van der Waals surface area contributed by atoms with E-state index in [0.717, 1.165) is 24.4 Å². The van der Waals surface area contributed by atoms with Crippen molar-refractivity contribution < 1.29 is 8.85 Å². The first-order chi connectivity index (χ1) is 7.54. The Morgan fingerprint density at radius 2 is 2.62 bits per heavy atom. The zero-order valence-electron chi connectivity index (χ0n) is 10.2. The molecule has 1 aliphatic rings. The van der Waals surface area contributed by atoms with Crippen LogP contribution < -0.4 is 10.1 Å². The second kappa shape index (κ2) is 4.03. The minimum Gasteiger partial charge on any atom is -0.497 e. The molecule has 1 N–H and O–H groups in total. The van der Waals surface area contributed by atoms with Crippen LogP contribution in [0.4, 0.5) is 0 Å². The van der Waals surface area contributed by atoms with Gasteiger partial charge in [-0.15, -0.1) is 11.8 Å². The van der Waals surface area contributed by atoms with Gasteiger partial charge in [-0.2, -0.15) is 0 Å². The molecule has 0 saturated carbocycles. The molecule has 0 spiro atoms. The summed E-state index contributed by atoms with van der Waals surface area (Å²) in [6.07, 6.45) is 0. The Bertz CT molecular complexity index is 381.